The van der Waals surface area contributed by atoms with Crippen molar-refractivity contribution in [2.45, 2.75) is 44.9 Å². The molecule has 2 aromatic carbocycles. The van der Waals surface area contributed by atoms with Crippen molar-refractivity contribution < 1.29 is 4.79 Å². The van der Waals surface area contributed by atoms with Gasteiger partial charge >= 0.3 is 0 Å². The van der Waals surface area contributed by atoms with E-state index in [0.29, 0.717) is 12.3 Å². The number of Topliss-reactive ketones (excluding diaryl/α,β-unsaturated/α-hetero) is 1. The number of aromatic nitrogens is 1. The second kappa shape index (κ2) is 6.59. The van der Waals surface area contributed by atoms with Crippen LogP contribution < -0.4 is 5.32 Å². The van der Waals surface area contributed by atoms with E-state index in [0.717, 1.165) is 40.7 Å². The van der Waals surface area contributed by atoms with Crippen molar-refractivity contribution in [3.63, 3.8) is 0 Å². The summed E-state index contributed by atoms with van der Waals surface area (Å²) in [6, 6.07) is 17.1. The van der Waals surface area contributed by atoms with Crippen molar-refractivity contribution in [1.82, 2.24) is 4.98 Å². The topological polar surface area (TPSA) is 42.0 Å². The third kappa shape index (κ3) is 2.65. The normalized spacial score (nSPS) is 18.8. The monoisotopic (exact) mass is 368 g/mol. The molecule has 2 aliphatic rings. The Morgan fingerprint density at radius 1 is 1.04 bits per heavy atom. The van der Waals surface area contributed by atoms with E-state index in [1.807, 2.05) is 12.3 Å². The van der Waals surface area contributed by atoms with Gasteiger partial charge in [0.25, 0.3) is 0 Å². The number of carbonyl (C=O) groups is 1. The number of hydrogen-bond acceptors (Lipinski definition) is 3. The van der Waals surface area contributed by atoms with Gasteiger partial charge in [-0.15, -0.1) is 0 Å². The number of ketones is 1. The van der Waals surface area contributed by atoms with Gasteiger partial charge in [0.05, 0.1) is 11.2 Å². The van der Waals surface area contributed by atoms with E-state index in [1.165, 1.54) is 16.7 Å². The number of nitrogens with one attached hydrogen (secondary N) is 1. The molecule has 0 bridgehead atoms. The lowest BCUT2D eigenvalue weighted by molar-refractivity contribution is -0.116. The fourth-order valence-electron chi connectivity index (χ4n) is 4.60. The third-order valence-electron chi connectivity index (χ3n) is 6.09. The lowest BCUT2D eigenvalue weighted by atomic mass is 9.75. The van der Waals surface area contributed by atoms with Crippen LogP contribution >= 0.6 is 0 Å². The van der Waals surface area contributed by atoms with Crippen LogP contribution in [0.2, 0.25) is 0 Å². The number of anilines is 1. The standard InChI is InChI=1S/C25H24N2O/c1-15(2)16-8-10-17(11-9-16)23-19-12-13-20-18(5-4-14-26-20)25(19)27-21-6-3-7-22(28)24(21)23/h4-5,8-15,23,27H,3,6-7H2,1-2H3/t23-/m1/s1. The van der Waals surface area contributed by atoms with E-state index in [4.69, 9.17) is 0 Å². The zero-order valence-corrected chi connectivity index (χ0v) is 16.3. The van der Waals surface area contributed by atoms with Gasteiger partial charge in [-0.1, -0.05) is 44.2 Å². The molecule has 0 spiro atoms. The molecule has 5 rings (SSSR count). The fraction of sp³-hybridized carbons (Fsp3) is 0.280. The van der Waals surface area contributed by atoms with E-state index in [9.17, 15) is 4.79 Å². The van der Waals surface area contributed by atoms with Crippen molar-refractivity contribution in [3.05, 3.63) is 82.7 Å². The lowest BCUT2D eigenvalue weighted by Crippen LogP contribution is -2.27. The van der Waals surface area contributed by atoms with Gasteiger partial charge in [-0.2, -0.15) is 0 Å². The van der Waals surface area contributed by atoms with Crippen LogP contribution in [0.4, 0.5) is 5.69 Å². The number of fused-ring (bicyclic) bond motifs is 3. The summed E-state index contributed by atoms with van der Waals surface area (Å²) in [6.07, 6.45) is 4.32. The molecule has 0 saturated heterocycles. The van der Waals surface area contributed by atoms with E-state index < -0.39 is 0 Å². The molecule has 1 N–H and O–H groups in total. The second-order valence-electron chi connectivity index (χ2n) is 8.15. The van der Waals surface area contributed by atoms with Crippen LogP contribution in [0.15, 0.2) is 66.0 Å². The minimum atomic E-state index is -0.00938. The molecule has 3 nitrogen and oxygen atoms in total. The molecule has 1 aliphatic heterocycles. The fourth-order valence-corrected chi connectivity index (χ4v) is 4.60. The van der Waals surface area contributed by atoms with Gasteiger partial charge in [0.15, 0.2) is 5.78 Å². The summed E-state index contributed by atoms with van der Waals surface area (Å²) >= 11 is 0. The molecule has 1 aliphatic carbocycles. The Kier molecular flexibility index (Phi) is 4.04. The molecular formula is C25H24N2O. The quantitative estimate of drug-likeness (QED) is 0.610. The summed E-state index contributed by atoms with van der Waals surface area (Å²) in [5.41, 5.74) is 7.83. The van der Waals surface area contributed by atoms with Gasteiger partial charge in [0.1, 0.15) is 0 Å². The molecule has 0 radical (unpaired) electrons. The molecule has 0 amide bonds. The zero-order chi connectivity index (χ0) is 19.3. The van der Waals surface area contributed by atoms with Crippen LogP contribution in [-0.4, -0.2) is 10.8 Å². The van der Waals surface area contributed by atoms with E-state index in [1.54, 1.807) is 0 Å². The summed E-state index contributed by atoms with van der Waals surface area (Å²) in [7, 11) is 0. The van der Waals surface area contributed by atoms with Crippen LogP contribution in [-0.2, 0) is 4.79 Å². The molecular weight excluding hydrogens is 344 g/mol. The largest absolute Gasteiger partial charge is 0.358 e. The maximum absolute atomic E-state index is 13.0. The number of allylic oxidation sites excluding steroid dienone is 2. The third-order valence-corrected chi connectivity index (χ3v) is 6.09. The highest BCUT2D eigenvalue weighted by atomic mass is 16.1. The maximum atomic E-state index is 13.0. The molecule has 3 heteroatoms. The van der Waals surface area contributed by atoms with Gasteiger partial charge in [0, 0.05) is 35.2 Å². The molecule has 0 unspecified atom stereocenters. The summed E-state index contributed by atoms with van der Waals surface area (Å²) < 4.78 is 0. The maximum Gasteiger partial charge on any atom is 0.161 e. The summed E-state index contributed by atoms with van der Waals surface area (Å²) in [5, 5.41) is 4.74. The van der Waals surface area contributed by atoms with E-state index in [2.05, 4.69) is 66.6 Å². The molecule has 1 aromatic heterocycles. The molecule has 3 aromatic rings. The Labute approximate surface area is 165 Å². The number of benzene rings is 2. The second-order valence-corrected chi connectivity index (χ2v) is 8.15. The van der Waals surface area contributed by atoms with Crippen LogP contribution in [0.1, 0.15) is 61.6 Å². The van der Waals surface area contributed by atoms with Gasteiger partial charge in [-0.05, 0) is 53.6 Å². The van der Waals surface area contributed by atoms with Crippen LogP contribution in [0.3, 0.4) is 0 Å². The minimum Gasteiger partial charge on any atom is -0.358 e. The Balaban J connectivity index is 1.74. The van der Waals surface area contributed by atoms with Crippen molar-refractivity contribution in [2.75, 3.05) is 5.32 Å². The molecule has 28 heavy (non-hydrogen) atoms. The summed E-state index contributed by atoms with van der Waals surface area (Å²) in [4.78, 5) is 17.5. The SMILES string of the molecule is CC(C)c1ccc([C@H]2C3=C(CCCC3=O)Nc3c2ccc2ncccc32)cc1. The number of hydrogen-bond donors (Lipinski definition) is 1. The lowest BCUT2D eigenvalue weighted by Gasteiger charge is -2.34. The highest BCUT2D eigenvalue weighted by Crippen LogP contribution is 2.47. The van der Waals surface area contributed by atoms with Crippen molar-refractivity contribution in [3.8, 4) is 0 Å². The van der Waals surface area contributed by atoms with Crippen LogP contribution in [0, 0.1) is 0 Å². The Morgan fingerprint density at radius 3 is 2.64 bits per heavy atom. The van der Waals surface area contributed by atoms with Crippen molar-refractivity contribution in [2.24, 2.45) is 0 Å². The first-order valence-corrected chi connectivity index (χ1v) is 10.1. The summed E-state index contributed by atoms with van der Waals surface area (Å²) in [5.74, 6) is 0.768. The molecule has 2 heterocycles. The Morgan fingerprint density at radius 2 is 1.86 bits per heavy atom. The van der Waals surface area contributed by atoms with Gasteiger partial charge in [-0.25, -0.2) is 0 Å². The van der Waals surface area contributed by atoms with E-state index >= 15 is 0 Å². The minimum absolute atomic E-state index is 0.00938. The van der Waals surface area contributed by atoms with Crippen molar-refractivity contribution >= 4 is 22.4 Å². The number of pyridine rings is 1. The molecule has 140 valence electrons. The molecule has 1 atom stereocenters. The van der Waals surface area contributed by atoms with Crippen LogP contribution in [0.5, 0.6) is 0 Å². The first-order valence-electron chi connectivity index (χ1n) is 10.1. The average Bonchev–Trinajstić information content (AvgIpc) is 2.72. The van der Waals surface area contributed by atoms with E-state index in [-0.39, 0.29) is 11.7 Å². The zero-order valence-electron chi connectivity index (χ0n) is 16.3. The first-order chi connectivity index (χ1) is 13.6. The molecule has 0 saturated carbocycles. The highest BCUT2D eigenvalue weighted by Gasteiger charge is 2.35. The predicted molar refractivity (Wildman–Crippen MR) is 114 cm³/mol. The summed E-state index contributed by atoms with van der Waals surface area (Å²) in [6.45, 7) is 4.42. The highest BCUT2D eigenvalue weighted by molar-refractivity contribution is 6.04. The Bertz CT molecular complexity index is 1110. The average molecular weight is 368 g/mol. The molecule has 0 fully saturated rings. The first kappa shape index (κ1) is 17.2. The number of nitrogens with zero attached hydrogens (tertiary/aromatic N) is 1. The number of carbonyl (C=O) groups excluding carboxylic acids is 1. The Hall–Kier alpha value is -2.94. The van der Waals surface area contributed by atoms with Gasteiger partial charge < -0.3 is 5.32 Å². The number of rotatable bonds is 2. The van der Waals surface area contributed by atoms with Gasteiger partial charge in [0.2, 0.25) is 0 Å². The predicted octanol–water partition coefficient (Wildman–Crippen LogP) is 5.92. The smallest absolute Gasteiger partial charge is 0.161 e. The van der Waals surface area contributed by atoms with Gasteiger partial charge in [-0.3, -0.25) is 9.78 Å². The van der Waals surface area contributed by atoms with Crippen LogP contribution in [0.25, 0.3) is 10.9 Å². The van der Waals surface area contributed by atoms with Crippen molar-refractivity contribution in [1.29, 1.82) is 0 Å².